The Bertz CT molecular complexity index is 728. The molecule has 0 aliphatic heterocycles. The molecule has 0 amide bonds. The number of ether oxygens (including phenoxy) is 1. The predicted molar refractivity (Wildman–Crippen MR) is 114 cm³/mol. The maximum atomic E-state index is 11.5. The van der Waals surface area contributed by atoms with E-state index in [9.17, 15) is 9.90 Å². The Balaban J connectivity index is 0.00000364. The number of furan rings is 1. The van der Waals surface area contributed by atoms with Gasteiger partial charge in [0.25, 0.3) is 0 Å². The topological polar surface area (TPSA) is 96.1 Å². The third kappa shape index (κ3) is 6.87. The number of nitrogens with zero attached hydrogens (tertiary/aromatic N) is 1. The number of carbonyl (C=O) groups excluding carboxylic acids is 1. The van der Waals surface area contributed by atoms with Gasteiger partial charge in [0.2, 0.25) is 0 Å². The minimum atomic E-state index is -1.15. The molecule has 0 bridgehead atoms. The number of hydrogen-bond acceptors (Lipinski definition) is 5. The maximum Gasteiger partial charge on any atom is 0.337 e. The van der Waals surface area contributed by atoms with Crippen molar-refractivity contribution in [3.8, 4) is 0 Å². The van der Waals surface area contributed by atoms with Crippen LogP contribution in [0.4, 0.5) is 0 Å². The molecule has 0 saturated heterocycles. The van der Waals surface area contributed by atoms with Crippen molar-refractivity contribution in [1.29, 1.82) is 0 Å². The van der Waals surface area contributed by atoms with Gasteiger partial charge in [-0.2, -0.15) is 0 Å². The quantitative estimate of drug-likeness (QED) is 0.241. The Hall–Kier alpha value is -2.07. The van der Waals surface area contributed by atoms with Crippen molar-refractivity contribution in [2.24, 2.45) is 4.99 Å². The molecule has 8 heteroatoms. The number of hydrogen-bond donors (Lipinski definition) is 3. The zero-order chi connectivity index (χ0) is 19.0. The second kappa shape index (κ2) is 10.9. The van der Waals surface area contributed by atoms with Crippen LogP contribution in [0.2, 0.25) is 0 Å². The van der Waals surface area contributed by atoms with Gasteiger partial charge in [-0.15, -0.1) is 24.0 Å². The highest BCUT2D eigenvalue weighted by atomic mass is 127. The number of nitrogens with one attached hydrogen (secondary N) is 2. The smallest absolute Gasteiger partial charge is 0.337 e. The van der Waals surface area contributed by atoms with Crippen LogP contribution in [-0.2, 0) is 16.9 Å². The average Bonchev–Trinajstić information content (AvgIpc) is 3.19. The average molecular weight is 487 g/mol. The van der Waals surface area contributed by atoms with E-state index in [4.69, 9.17) is 4.42 Å². The van der Waals surface area contributed by atoms with Gasteiger partial charge in [-0.1, -0.05) is 12.1 Å². The molecule has 148 valence electrons. The first-order chi connectivity index (χ1) is 12.5. The molecule has 2 aromatic rings. The van der Waals surface area contributed by atoms with Gasteiger partial charge in [-0.3, -0.25) is 0 Å². The van der Waals surface area contributed by atoms with Crippen molar-refractivity contribution in [2.75, 3.05) is 20.2 Å². The van der Waals surface area contributed by atoms with E-state index in [-0.39, 0.29) is 36.5 Å². The predicted octanol–water partition coefficient (Wildman–Crippen LogP) is 2.65. The lowest BCUT2D eigenvalue weighted by Crippen LogP contribution is -2.44. The van der Waals surface area contributed by atoms with E-state index >= 15 is 0 Å². The summed E-state index contributed by atoms with van der Waals surface area (Å²) in [7, 11) is 1.35. The number of aliphatic imine (C=N–C) groups is 1. The van der Waals surface area contributed by atoms with E-state index in [0.29, 0.717) is 30.4 Å². The third-order valence-corrected chi connectivity index (χ3v) is 3.79. The normalized spacial score (nSPS) is 13.3. The monoisotopic (exact) mass is 487 g/mol. The summed E-state index contributed by atoms with van der Waals surface area (Å²) in [5, 5.41) is 16.7. The van der Waals surface area contributed by atoms with E-state index in [2.05, 4.69) is 20.4 Å². The fourth-order valence-corrected chi connectivity index (χ4v) is 2.30. The highest BCUT2D eigenvalue weighted by Crippen LogP contribution is 2.19. The minimum absolute atomic E-state index is 0. The van der Waals surface area contributed by atoms with Crippen LogP contribution in [0.25, 0.3) is 0 Å². The number of rotatable bonds is 7. The van der Waals surface area contributed by atoms with E-state index in [1.54, 1.807) is 31.2 Å². The SMILES string of the molecule is CCNC(=NCc1ccc(C(=O)OC)cc1)NCC(C)(O)c1ccco1.I. The first-order valence-corrected chi connectivity index (χ1v) is 8.42. The molecule has 0 spiro atoms. The molecule has 0 aliphatic carbocycles. The molecule has 1 aromatic heterocycles. The number of aliphatic hydroxyl groups is 1. The van der Waals surface area contributed by atoms with E-state index in [1.165, 1.54) is 13.4 Å². The summed E-state index contributed by atoms with van der Waals surface area (Å²) in [6.45, 7) is 5.00. The molecule has 0 radical (unpaired) electrons. The number of carbonyl (C=O) groups is 1. The molecule has 1 unspecified atom stereocenters. The number of methoxy groups -OCH3 is 1. The van der Waals surface area contributed by atoms with Crippen molar-refractivity contribution in [2.45, 2.75) is 26.0 Å². The molecular formula is C19H26IN3O4. The molecular weight excluding hydrogens is 461 g/mol. The Morgan fingerprint density at radius 2 is 1.96 bits per heavy atom. The van der Waals surface area contributed by atoms with Gasteiger partial charge in [0.1, 0.15) is 11.4 Å². The largest absolute Gasteiger partial charge is 0.466 e. The summed E-state index contributed by atoms with van der Waals surface area (Å²) in [6, 6.07) is 10.5. The van der Waals surface area contributed by atoms with Gasteiger partial charge in [0.15, 0.2) is 5.96 Å². The van der Waals surface area contributed by atoms with Crippen LogP contribution in [0.3, 0.4) is 0 Å². The summed E-state index contributed by atoms with van der Waals surface area (Å²) < 4.78 is 9.95. The molecule has 0 fully saturated rings. The molecule has 7 nitrogen and oxygen atoms in total. The van der Waals surface area contributed by atoms with Crippen molar-refractivity contribution in [3.05, 3.63) is 59.5 Å². The van der Waals surface area contributed by atoms with Gasteiger partial charge in [0.05, 0.1) is 32.0 Å². The van der Waals surface area contributed by atoms with Crippen LogP contribution >= 0.6 is 24.0 Å². The molecule has 1 aromatic carbocycles. The van der Waals surface area contributed by atoms with Crippen LogP contribution in [0.1, 0.15) is 35.5 Å². The zero-order valence-corrected chi connectivity index (χ0v) is 18.0. The fraction of sp³-hybridized carbons (Fsp3) is 0.368. The lowest BCUT2D eigenvalue weighted by molar-refractivity contribution is 0.0385. The van der Waals surface area contributed by atoms with Crippen molar-refractivity contribution < 1.29 is 19.1 Å². The summed E-state index contributed by atoms with van der Waals surface area (Å²) in [6.07, 6.45) is 1.53. The van der Waals surface area contributed by atoms with E-state index in [0.717, 1.165) is 5.56 Å². The lowest BCUT2D eigenvalue weighted by Gasteiger charge is -2.22. The summed E-state index contributed by atoms with van der Waals surface area (Å²) in [5.74, 6) is 0.700. The standard InChI is InChI=1S/C19H25N3O4.HI/c1-4-20-18(22-13-19(2,24)16-6-5-11-26-16)21-12-14-7-9-15(10-8-14)17(23)25-3;/h5-11,24H,4,12-13H2,1-3H3,(H2,20,21,22);1H. The Kier molecular flexibility index (Phi) is 9.30. The molecule has 2 rings (SSSR count). The van der Waals surface area contributed by atoms with Crippen molar-refractivity contribution in [3.63, 3.8) is 0 Å². The van der Waals surface area contributed by atoms with Gasteiger partial charge >= 0.3 is 5.97 Å². The molecule has 3 N–H and O–H groups in total. The Morgan fingerprint density at radius 1 is 1.26 bits per heavy atom. The molecule has 27 heavy (non-hydrogen) atoms. The van der Waals surface area contributed by atoms with Crippen LogP contribution in [0, 0.1) is 0 Å². The van der Waals surface area contributed by atoms with Gasteiger partial charge < -0.3 is 24.9 Å². The summed E-state index contributed by atoms with van der Waals surface area (Å²) in [4.78, 5) is 16.0. The first kappa shape index (κ1) is 23.0. The van der Waals surface area contributed by atoms with Crippen LogP contribution in [0.15, 0.2) is 52.1 Å². The van der Waals surface area contributed by atoms with E-state index < -0.39 is 5.60 Å². The number of halogens is 1. The molecule has 1 heterocycles. The zero-order valence-electron chi connectivity index (χ0n) is 15.7. The lowest BCUT2D eigenvalue weighted by atomic mass is 10.0. The first-order valence-electron chi connectivity index (χ1n) is 8.42. The molecule has 0 aliphatic rings. The maximum absolute atomic E-state index is 11.5. The van der Waals surface area contributed by atoms with Crippen LogP contribution < -0.4 is 10.6 Å². The second-order valence-electron chi connectivity index (χ2n) is 5.99. The number of benzene rings is 1. The summed E-state index contributed by atoms with van der Waals surface area (Å²) in [5.41, 5.74) is 0.300. The molecule has 0 saturated carbocycles. The van der Waals surface area contributed by atoms with E-state index in [1.807, 2.05) is 19.1 Å². The Morgan fingerprint density at radius 3 is 2.52 bits per heavy atom. The van der Waals surface area contributed by atoms with Gasteiger partial charge in [-0.05, 0) is 43.7 Å². The summed E-state index contributed by atoms with van der Waals surface area (Å²) >= 11 is 0. The number of guanidine groups is 1. The minimum Gasteiger partial charge on any atom is -0.466 e. The number of esters is 1. The van der Waals surface area contributed by atoms with Crippen LogP contribution in [0.5, 0.6) is 0 Å². The second-order valence-corrected chi connectivity index (χ2v) is 5.99. The highest BCUT2D eigenvalue weighted by molar-refractivity contribution is 14.0. The highest BCUT2D eigenvalue weighted by Gasteiger charge is 2.26. The third-order valence-electron chi connectivity index (χ3n) is 3.79. The fourth-order valence-electron chi connectivity index (χ4n) is 2.30. The van der Waals surface area contributed by atoms with Crippen molar-refractivity contribution >= 4 is 35.9 Å². The van der Waals surface area contributed by atoms with Crippen molar-refractivity contribution in [1.82, 2.24) is 10.6 Å². The molecule has 1 atom stereocenters. The van der Waals surface area contributed by atoms with Gasteiger partial charge in [0, 0.05) is 6.54 Å². The van der Waals surface area contributed by atoms with Gasteiger partial charge in [-0.25, -0.2) is 9.79 Å². The van der Waals surface area contributed by atoms with Crippen LogP contribution in [-0.4, -0.2) is 37.2 Å². The Labute approximate surface area is 176 Å².